The van der Waals surface area contributed by atoms with E-state index in [1.807, 2.05) is 30.3 Å². The smallest absolute Gasteiger partial charge is 0.395 e. The minimum Gasteiger partial charge on any atom is -0.395 e. The molecule has 0 fully saturated rings. The molecule has 2 aromatic rings. The van der Waals surface area contributed by atoms with Crippen molar-refractivity contribution < 1.29 is 23.0 Å². The molecule has 0 bridgehead atoms. The van der Waals surface area contributed by atoms with E-state index in [2.05, 4.69) is 14.8 Å². The maximum atomic E-state index is 13.0. The Bertz CT molecular complexity index is 768. The van der Waals surface area contributed by atoms with Gasteiger partial charge in [0.1, 0.15) is 6.04 Å². The number of carbonyl (C=O) groups is 1. The number of nitrogens with zero attached hydrogens (tertiary/aromatic N) is 1. The molecule has 0 saturated carbocycles. The number of hydrogen-bond donors (Lipinski definition) is 1. The first-order valence-corrected chi connectivity index (χ1v) is 7.79. The van der Waals surface area contributed by atoms with Gasteiger partial charge in [0.15, 0.2) is 11.5 Å². The van der Waals surface area contributed by atoms with Gasteiger partial charge in [0.05, 0.1) is 0 Å². The van der Waals surface area contributed by atoms with E-state index in [-0.39, 0.29) is 17.4 Å². The van der Waals surface area contributed by atoms with Crippen LogP contribution in [0.4, 0.5) is 14.5 Å². The number of hydrogen-bond acceptors (Lipinski definition) is 4. The highest BCUT2D eigenvalue weighted by molar-refractivity contribution is 5.84. The van der Waals surface area contributed by atoms with Crippen molar-refractivity contribution in [1.29, 1.82) is 0 Å². The zero-order chi connectivity index (χ0) is 18.0. The van der Waals surface area contributed by atoms with Gasteiger partial charge in [-0.25, -0.2) is 0 Å². The van der Waals surface area contributed by atoms with E-state index in [1.165, 1.54) is 12.1 Å². The van der Waals surface area contributed by atoms with Crippen LogP contribution in [0.1, 0.15) is 12.5 Å². The van der Waals surface area contributed by atoms with Gasteiger partial charge in [-0.1, -0.05) is 30.3 Å². The van der Waals surface area contributed by atoms with Gasteiger partial charge >= 0.3 is 6.29 Å². The number of rotatable bonds is 5. The molecule has 1 atom stereocenters. The van der Waals surface area contributed by atoms with Gasteiger partial charge in [0, 0.05) is 25.3 Å². The van der Waals surface area contributed by atoms with Crippen LogP contribution >= 0.6 is 0 Å². The lowest BCUT2D eigenvalue weighted by atomic mass is 10.2. The van der Waals surface area contributed by atoms with Crippen LogP contribution in [0, 0.1) is 0 Å². The standard InChI is InChI=1S/C18H18F2N2O3/c1-12(17(23)22(2)11-13-6-4-3-5-7-13)21-14-8-9-15-16(10-14)25-18(19,20)24-15/h3-10,12,21H,11H2,1-2H3/t12-/m0/s1. The van der Waals surface area contributed by atoms with Crippen LogP contribution in [-0.2, 0) is 11.3 Å². The molecule has 7 heteroatoms. The third-order valence-electron chi connectivity index (χ3n) is 3.79. The fourth-order valence-electron chi connectivity index (χ4n) is 2.62. The zero-order valence-electron chi connectivity index (χ0n) is 13.8. The molecule has 1 amide bonds. The first kappa shape index (κ1) is 17.0. The van der Waals surface area contributed by atoms with Crippen LogP contribution in [-0.4, -0.2) is 30.2 Å². The van der Waals surface area contributed by atoms with Gasteiger partial charge in [0.2, 0.25) is 5.91 Å². The first-order chi connectivity index (χ1) is 11.8. The topological polar surface area (TPSA) is 50.8 Å². The molecular weight excluding hydrogens is 330 g/mol. The monoisotopic (exact) mass is 348 g/mol. The minimum atomic E-state index is -3.65. The molecule has 0 unspecified atom stereocenters. The molecule has 5 nitrogen and oxygen atoms in total. The van der Waals surface area contributed by atoms with E-state index in [9.17, 15) is 13.6 Å². The number of likely N-dealkylation sites (N-methyl/N-ethyl adjacent to an activating group) is 1. The van der Waals surface area contributed by atoms with Crippen molar-refractivity contribution in [3.05, 3.63) is 54.1 Å². The lowest BCUT2D eigenvalue weighted by molar-refractivity contribution is -0.286. The minimum absolute atomic E-state index is 0.0317. The summed E-state index contributed by atoms with van der Waals surface area (Å²) in [4.78, 5) is 14.1. The average molecular weight is 348 g/mol. The number of alkyl halides is 2. The van der Waals surface area contributed by atoms with Crippen molar-refractivity contribution in [1.82, 2.24) is 4.90 Å². The Labute approximate surface area is 144 Å². The van der Waals surface area contributed by atoms with Crippen molar-refractivity contribution in [2.45, 2.75) is 25.8 Å². The summed E-state index contributed by atoms with van der Waals surface area (Å²) in [5.74, 6) is -0.213. The number of fused-ring (bicyclic) bond motifs is 1. The summed E-state index contributed by atoms with van der Waals surface area (Å²) in [5.41, 5.74) is 1.52. The Kier molecular flexibility index (Phi) is 4.48. The van der Waals surface area contributed by atoms with Crippen LogP contribution in [0.2, 0.25) is 0 Å². The van der Waals surface area contributed by atoms with Gasteiger partial charge in [-0.15, -0.1) is 8.78 Å². The van der Waals surface area contributed by atoms with Gasteiger partial charge in [-0.2, -0.15) is 0 Å². The molecule has 0 spiro atoms. The number of halogens is 2. The SMILES string of the molecule is C[C@H](Nc1ccc2c(c1)OC(F)(F)O2)C(=O)N(C)Cc1ccccc1. The zero-order valence-corrected chi connectivity index (χ0v) is 13.8. The highest BCUT2D eigenvalue weighted by atomic mass is 19.3. The molecule has 1 aliphatic rings. The van der Waals surface area contributed by atoms with Crippen LogP contribution in [0.3, 0.4) is 0 Å². The number of ether oxygens (including phenoxy) is 2. The second-order valence-electron chi connectivity index (χ2n) is 5.87. The van der Waals surface area contributed by atoms with E-state index in [0.717, 1.165) is 5.56 Å². The number of carbonyl (C=O) groups excluding carboxylic acids is 1. The molecule has 25 heavy (non-hydrogen) atoms. The predicted molar refractivity (Wildman–Crippen MR) is 88.6 cm³/mol. The van der Waals surface area contributed by atoms with Crippen molar-refractivity contribution >= 4 is 11.6 Å². The summed E-state index contributed by atoms with van der Waals surface area (Å²) in [6.45, 7) is 2.20. The molecule has 0 aromatic heterocycles. The van der Waals surface area contributed by atoms with Gasteiger partial charge in [-0.3, -0.25) is 4.79 Å². The molecule has 1 heterocycles. The molecule has 0 radical (unpaired) electrons. The summed E-state index contributed by atoms with van der Waals surface area (Å²) >= 11 is 0. The van der Waals surface area contributed by atoms with Crippen molar-refractivity contribution in [3.8, 4) is 11.5 Å². The van der Waals surface area contributed by atoms with Crippen LogP contribution < -0.4 is 14.8 Å². The largest absolute Gasteiger partial charge is 0.586 e. The Morgan fingerprint density at radius 3 is 2.56 bits per heavy atom. The maximum Gasteiger partial charge on any atom is 0.586 e. The third-order valence-corrected chi connectivity index (χ3v) is 3.79. The highest BCUT2D eigenvalue weighted by Gasteiger charge is 2.43. The lowest BCUT2D eigenvalue weighted by Gasteiger charge is -2.23. The third kappa shape index (κ3) is 3.99. The summed E-state index contributed by atoms with van der Waals surface area (Å²) < 4.78 is 34.9. The van der Waals surface area contributed by atoms with Crippen molar-refractivity contribution in [2.75, 3.05) is 12.4 Å². The number of nitrogens with one attached hydrogen (secondary N) is 1. The molecule has 1 N–H and O–H groups in total. The molecule has 1 aliphatic heterocycles. The van der Waals surface area contributed by atoms with Crippen LogP contribution in [0.15, 0.2) is 48.5 Å². The Hall–Kier alpha value is -2.83. The normalized spacial score (nSPS) is 15.5. The van der Waals surface area contributed by atoms with E-state index < -0.39 is 12.3 Å². The molecule has 3 rings (SSSR count). The Balaban J connectivity index is 1.62. The molecule has 2 aromatic carbocycles. The van der Waals surface area contributed by atoms with E-state index in [4.69, 9.17) is 0 Å². The maximum absolute atomic E-state index is 13.0. The molecule has 0 saturated heterocycles. The van der Waals surface area contributed by atoms with Crippen LogP contribution in [0.5, 0.6) is 11.5 Å². The average Bonchev–Trinajstić information content (AvgIpc) is 2.88. The first-order valence-electron chi connectivity index (χ1n) is 7.79. The van der Waals surface area contributed by atoms with Gasteiger partial charge in [0.25, 0.3) is 0 Å². The van der Waals surface area contributed by atoms with E-state index in [0.29, 0.717) is 12.2 Å². The molecule has 132 valence electrons. The van der Waals surface area contributed by atoms with Crippen molar-refractivity contribution in [2.24, 2.45) is 0 Å². The predicted octanol–water partition coefficient (Wildman–Crippen LogP) is 3.47. The number of anilines is 1. The lowest BCUT2D eigenvalue weighted by Crippen LogP contribution is -2.38. The summed E-state index contributed by atoms with van der Waals surface area (Å²) in [5, 5.41) is 2.99. The molecule has 0 aliphatic carbocycles. The fraction of sp³-hybridized carbons (Fsp3) is 0.278. The number of benzene rings is 2. The molecular formula is C18H18F2N2O3. The second-order valence-corrected chi connectivity index (χ2v) is 5.87. The quantitative estimate of drug-likeness (QED) is 0.899. The van der Waals surface area contributed by atoms with E-state index in [1.54, 1.807) is 24.9 Å². The summed E-state index contributed by atoms with van der Waals surface area (Å²) in [7, 11) is 1.72. The second kappa shape index (κ2) is 6.58. The summed E-state index contributed by atoms with van der Waals surface area (Å²) in [6.07, 6.45) is -3.65. The Morgan fingerprint density at radius 1 is 1.16 bits per heavy atom. The summed E-state index contributed by atoms with van der Waals surface area (Å²) in [6, 6.07) is 13.4. The van der Waals surface area contributed by atoms with Gasteiger partial charge < -0.3 is 19.7 Å². The van der Waals surface area contributed by atoms with Gasteiger partial charge in [-0.05, 0) is 24.6 Å². The Morgan fingerprint density at radius 2 is 1.84 bits per heavy atom. The van der Waals surface area contributed by atoms with Crippen molar-refractivity contribution in [3.63, 3.8) is 0 Å². The fourth-order valence-corrected chi connectivity index (χ4v) is 2.62. The van der Waals surface area contributed by atoms with Crippen LogP contribution in [0.25, 0.3) is 0 Å². The van der Waals surface area contributed by atoms with E-state index >= 15 is 0 Å². The highest BCUT2D eigenvalue weighted by Crippen LogP contribution is 2.42. The number of amides is 1.